The van der Waals surface area contributed by atoms with E-state index in [9.17, 15) is 23.1 Å². The van der Waals surface area contributed by atoms with Crippen LogP contribution >= 0.6 is 11.6 Å². The predicted molar refractivity (Wildman–Crippen MR) is 87.7 cm³/mol. The van der Waals surface area contributed by atoms with Gasteiger partial charge in [-0.15, -0.1) is 0 Å². The van der Waals surface area contributed by atoms with Gasteiger partial charge in [0.1, 0.15) is 5.02 Å². The summed E-state index contributed by atoms with van der Waals surface area (Å²) in [5.74, 6) is -0.483. The van der Waals surface area contributed by atoms with Gasteiger partial charge in [0.2, 0.25) is 0 Å². The largest absolute Gasteiger partial charge is 0.416 e. The molecule has 3 rings (SSSR count). The van der Waals surface area contributed by atoms with Crippen LogP contribution in [0.4, 0.5) is 13.2 Å². The van der Waals surface area contributed by atoms with Crippen molar-refractivity contribution in [2.24, 2.45) is 0 Å². The Bertz CT molecular complexity index is 782. The van der Waals surface area contributed by atoms with E-state index in [0.29, 0.717) is 25.7 Å². The lowest BCUT2D eigenvalue weighted by Gasteiger charge is -2.25. The van der Waals surface area contributed by atoms with E-state index in [1.165, 1.54) is 12.1 Å². The van der Waals surface area contributed by atoms with Crippen molar-refractivity contribution >= 4 is 17.5 Å². The maximum absolute atomic E-state index is 12.6. The Morgan fingerprint density at radius 1 is 1.19 bits per heavy atom. The van der Waals surface area contributed by atoms with E-state index < -0.39 is 17.6 Å². The standard InChI is InChI=1S/C17H16ClF3N2O3/c18-13-14(16(25)22-11-5-7-12(24)8-6-11)23-26-15(13)9-1-3-10(4-2-9)17(19,20)21/h1-4,11-12,24H,5-8H2,(H,22,25)/t11-,12-. The molecule has 0 saturated heterocycles. The number of aromatic nitrogens is 1. The Morgan fingerprint density at radius 3 is 2.38 bits per heavy atom. The van der Waals surface area contributed by atoms with E-state index in [4.69, 9.17) is 16.1 Å². The van der Waals surface area contributed by atoms with E-state index >= 15 is 0 Å². The summed E-state index contributed by atoms with van der Waals surface area (Å²) in [6, 6.07) is 4.13. The second kappa shape index (κ2) is 7.28. The second-order valence-corrected chi connectivity index (χ2v) is 6.61. The molecule has 9 heteroatoms. The summed E-state index contributed by atoms with van der Waals surface area (Å²) in [7, 11) is 0. The summed E-state index contributed by atoms with van der Waals surface area (Å²) in [5.41, 5.74) is -0.627. The van der Waals surface area contributed by atoms with E-state index in [1.807, 2.05) is 0 Å². The van der Waals surface area contributed by atoms with Gasteiger partial charge in [-0.3, -0.25) is 4.79 Å². The van der Waals surface area contributed by atoms with Gasteiger partial charge in [0.05, 0.1) is 11.7 Å². The third-order valence-electron chi connectivity index (χ3n) is 4.36. The predicted octanol–water partition coefficient (Wildman–Crippen LogP) is 4.05. The average molecular weight is 389 g/mol. The van der Waals surface area contributed by atoms with Crippen LogP contribution in [-0.2, 0) is 6.18 Å². The molecule has 1 heterocycles. The number of nitrogens with one attached hydrogen (secondary N) is 1. The molecule has 0 aliphatic heterocycles. The lowest BCUT2D eigenvalue weighted by molar-refractivity contribution is -0.137. The van der Waals surface area contributed by atoms with Gasteiger partial charge in [0.25, 0.3) is 5.91 Å². The molecule has 1 aliphatic rings. The quantitative estimate of drug-likeness (QED) is 0.831. The lowest BCUT2D eigenvalue weighted by atomic mass is 9.93. The molecular weight excluding hydrogens is 373 g/mol. The lowest BCUT2D eigenvalue weighted by Crippen LogP contribution is -2.38. The third-order valence-corrected chi connectivity index (χ3v) is 4.71. The molecule has 1 aromatic carbocycles. The monoisotopic (exact) mass is 388 g/mol. The van der Waals surface area contributed by atoms with Crippen LogP contribution in [-0.4, -0.2) is 28.3 Å². The summed E-state index contributed by atoms with van der Waals surface area (Å²) in [6.07, 6.45) is -2.28. The van der Waals surface area contributed by atoms with Gasteiger partial charge in [0, 0.05) is 11.6 Å². The van der Waals surface area contributed by atoms with E-state index in [-0.39, 0.29) is 34.2 Å². The van der Waals surface area contributed by atoms with E-state index in [1.54, 1.807) is 0 Å². The zero-order valence-corrected chi connectivity index (χ0v) is 14.3. The van der Waals surface area contributed by atoms with Crippen molar-refractivity contribution in [3.05, 3.63) is 40.5 Å². The molecule has 1 aliphatic carbocycles. The molecule has 0 radical (unpaired) electrons. The number of alkyl halides is 3. The minimum atomic E-state index is -4.44. The van der Waals surface area contributed by atoms with Crippen molar-refractivity contribution < 1.29 is 27.6 Å². The fourth-order valence-corrected chi connectivity index (χ4v) is 3.15. The minimum Gasteiger partial charge on any atom is -0.393 e. The van der Waals surface area contributed by atoms with Gasteiger partial charge >= 0.3 is 6.18 Å². The topological polar surface area (TPSA) is 75.4 Å². The molecule has 1 saturated carbocycles. The molecule has 1 fully saturated rings. The number of amides is 1. The molecule has 0 bridgehead atoms. The highest BCUT2D eigenvalue weighted by molar-refractivity contribution is 6.35. The number of halogens is 4. The van der Waals surface area contributed by atoms with Crippen LogP contribution in [0.15, 0.2) is 28.8 Å². The Labute approximate surface area is 152 Å². The van der Waals surface area contributed by atoms with Gasteiger partial charge < -0.3 is 14.9 Å². The maximum Gasteiger partial charge on any atom is 0.416 e. The molecule has 1 amide bonds. The maximum atomic E-state index is 12.6. The molecule has 1 aromatic heterocycles. The summed E-state index contributed by atoms with van der Waals surface area (Å²) in [4.78, 5) is 12.3. The molecular formula is C17H16ClF3N2O3. The molecule has 2 N–H and O–H groups in total. The Balaban J connectivity index is 1.74. The first-order valence-electron chi connectivity index (χ1n) is 8.07. The molecule has 26 heavy (non-hydrogen) atoms. The first kappa shape index (κ1) is 18.7. The van der Waals surface area contributed by atoms with Crippen LogP contribution in [0, 0.1) is 0 Å². The van der Waals surface area contributed by atoms with Gasteiger partial charge in [-0.2, -0.15) is 13.2 Å². The highest BCUT2D eigenvalue weighted by Crippen LogP contribution is 2.34. The SMILES string of the molecule is O=C(N[C@H]1CC[C@H](O)CC1)c1noc(-c2ccc(C(F)(F)F)cc2)c1Cl. The van der Waals surface area contributed by atoms with Gasteiger partial charge in [-0.05, 0) is 37.8 Å². The normalized spacial score (nSPS) is 20.8. The highest BCUT2D eigenvalue weighted by atomic mass is 35.5. The van der Waals surface area contributed by atoms with Crippen molar-refractivity contribution in [2.75, 3.05) is 0 Å². The van der Waals surface area contributed by atoms with E-state index in [2.05, 4.69) is 10.5 Å². The molecule has 2 aromatic rings. The van der Waals surface area contributed by atoms with Crippen molar-refractivity contribution in [2.45, 2.75) is 44.0 Å². The van der Waals surface area contributed by atoms with Crippen molar-refractivity contribution in [3.8, 4) is 11.3 Å². The number of benzene rings is 1. The summed E-state index contributed by atoms with van der Waals surface area (Å²) in [5, 5.41) is 15.9. The average Bonchev–Trinajstić information content (AvgIpc) is 2.98. The number of hydrogen-bond acceptors (Lipinski definition) is 4. The summed E-state index contributed by atoms with van der Waals surface area (Å²) >= 11 is 6.14. The number of rotatable bonds is 3. The molecule has 140 valence electrons. The number of carbonyl (C=O) groups is 1. The molecule has 0 atom stereocenters. The number of aliphatic hydroxyl groups is 1. The van der Waals surface area contributed by atoms with Crippen LogP contribution in [0.25, 0.3) is 11.3 Å². The fraction of sp³-hybridized carbons (Fsp3) is 0.412. The number of carbonyl (C=O) groups excluding carboxylic acids is 1. The minimum absolute atomic E-state index is 0.0320. The zero-order chi connectivity index (χ0) is 18.9. The third kappa shape index (κ3) is 4.02. The van der Waals surface area contributed by atoms with Crippen LogP contribution in [0.3, 0.4) is 0 Å². The highest BCUT2D eigenvalue weighted by Gasteiger charge is 2.31. The number of aliphatic hydroxyl groups excluding tert-OH is 1. The molecule has 0 unspecified atom stereocenters. The first-order valence-corrected chi connectivity index (χ1v) is 8.45. The fourth-order valence-electron chi connectivity index (χ4n) is 2.88. The zero-order valence-electron chi connectivity index (χ0n) is 13.5. The summed E-state index contributed by atoms with van der Waals surface area (Å²) < 4.78 is 43.0. The van der Waals surface area contributed by atoms with E-state index in [0.717, 1.165) is 12.1 Å². The van der Waals surface area contributed by atoms with Gasteiger partial charge in [-0.1, -0.05) is 28.9 Å². The van der Waals surface area contributed by atoms with Crippen LogP contribution in [0.2, 0.25) is 5.02 Å². The smallest absolute Gasteiger partial charge is 0.393 e. The Kier molecular flexibility index (Phi) is 5.24. The van der Waals surface area contributed by atoms with Crippen molar-refractivity contribution in [1.29, 1.82) is 0 Å². The van der Waals surface area contributed by atoms with Crippen molar-refractivity contribution in [1.82, 2.24) is 10.5 Å². The second-order valence-electron chi connectivity index (χ2n) is 6.23. The Hall–Kier alpha value is -2.06. The van der Waals surface area contributed by atoms with Crippen molar-refractivity contribution in [3.63, 3.8) is 0 Å². The number of nitrogens with zero attached hydrogens (tertiary/aromatic N) is 1. The van der Waals surface area contributed by atoms with Gasteiger partial charge in [-0.25, -0.2) is 0 Å². The summed E-state index contributed by atoms with van der Waals surface area (Å²) in [6.45, 7) is 0. The van der Waals surface area contributed by atoms with Crippen LogP contribution < -0.4 is 5.32 Å². The van der Waals surface area contributed by atoms with Crippen LogP contribution in [0.5, 0.6) is 0 Å². The number of hydrogen-bond donors (Lipinski definition) is 2. The van der Waals surface area contributed by atoms with Gasteiger partial charge in [0.15, 0.2) is 11.5 Å². The Morgan fingerprint density at radius 2 is 1.81 bits per heavy atom. The van der Waals surface area contributed by atoms with Crippen LogP contribution in [0.1, 0.15) is 41.7 Å². The molecule has 5 nitrogen and oxygen atoms in total. The molecule has 0 spiro atoms. The first-order chi connectivity index (χ1) is 12.3.